The lowest BCUT2D eigenvalue weighted by atomic mass is 9.92. The first kappa shape index (κ1) is 17.3. The number of benzene rings is 1. The molecular formula is C19H31NO2. The smallest absolute Gasteiger partial charge is 0.125 e. The summed E-state index contributed by atoms with van der Waals surface area (Å²) in [5.41, 5.74) is 3.54. The maximum Gasteiger partial charge on any atom is 0.125 e. The van der Waals surface area contributed by atoms with Gasteiger partial charge in [0.25, 0.3) is 0 Å². The third-order valence-electron chi connectivity index (χ3n) is 4.44. The number of aliphatic hydroxyl groups is 1. The second-order valence-electron chi connectivity index (χ2n) is 7.36. The summed E-state index contributed by atoms with van der Waals surface area (Å²) in [7, 11) is 0. The van der Waals surface area contributed by atoms with Crippen molar-refractivity contribution >= 4 is 0 Å². The number of β-amino-alcohol motifs (C(OH)–C–C–N with tert-alkyl or cyclic N) is 1. The molecule has 22 heavy (non-hydrogen) atoms. The topological polar surface area (TPSA) is 32.7 Å². The monoisotopic (exact) mass is 305 g/mol. The standard InChI is InChI=1S/C19H31NO2/c1-13-7-16(4)19(17(5)8-13)22-12-18(21)11-20-9-14(2)6-15(3)10-20/h7-8,14-15,18,21H,6,9-12H2,1-5H3. The molecule has 3 nitrogen and oxygen atoms in total. The number of hydrogen-bond acceptors (Lipinski definition) is 3. The summed E-state index contributed by atoms with van der Waals surface area (Å²) >= 11 is 0. The van der Waals surface area contributed by atoms with Gasteiger partial charge in [-0.25, -0.2) is 0 Å². The third-order valence-corrected chi connectivity index (χ3v) is 4.44. The van der Waals surface area contributed by atoms with Crippen LogP contribution in [0.5, 0.6) is 5.75 Å². The van der Waals surface area contributed by atoms with Gasteiger partial charge in [0.15, 0.2) is 0 Å². The van der Waals surface area contributed by atoms with Crippen LogP contribution in [0, 0.1) is 32.6 Å². The van der Waals surface area contributed by atoms with E-state index in [-0.39, 0.29) is 0 Å². The zero-order valence-electron chi connectivity index (χ0n) is 14.7. The van der Waals surface area contributed by atoms with Crippen LogP contribution in [0.4, 0.5) is 0 Å². The van der Waals surface area contributed by atoms with E-state index < -0.39 is 6.10 Å². The largest absolute Gasteiger partial charge is 0.490 e. The number of nitrogens with zero attached hydrogens (tertiary/aromatic N) is 1. The molecule has 3 atom stereocenters. The molecular weight excluding hydrogens is 274 g/mol. The van der Waals surface area contributed by atoms with Gasteiger partial charge >= 0.3 is 0 Å². The van der Waals surface area contributed by atoms with E-state index in [0.717, 1.165) is 41.8 Å². The van der Waals surface area contributed by atoms with Crippen molar-refractivity contribution in [2.24, 2.45) is 11.8 Å². The van der Waals surface area contributed by atoms with Crippen LogP contribution in [0.1, 0.15) is 37.0 Å². The van der Waals surface area contributed by atoms with Crippen LogP contribution in [0.15, 0.2) is 12.1 Å². The number of piperidine rings is 1. The van der Waals surface area contributed by atoms with E-state index in [1.807, 2.05) is 0 Å². The molecule has 0 aliphatic carbocycles. The van der Waals surface area contributed by atoms with E-state index in [4.69, 9.17) is 4.74 Å². The van der Waals surface area contributed by atoms with E-state index in [9.17, 15) is 5.11 Å². The Labute approximate surface area is 135 Å². The normalized spacial score (nSPS) is 24.3. The van der Waals surface area contributed by atoms with Gasteiger partial charge in [0.1, 0.15) is 18.5 Å². The van der Waals surface area contributed by atoms with Crippen molar-refractivity contribution < 1.29 is 9.84 Å². The highest BCUT2D eigenvalue weighted by Gasteiger charge is 2.23. The molecule has 0 spiro atoms. The average molecular weight is 305 g/mol. The third kappa shape index (κ3) is 4.72. The Hall–Kier alpha value is -1.06. The molecule has 3 heteroatoms. The van der Waals surface area contributed by atoms with Crippen LogP contribution in [-0.2, 0) is 0 Å². The molecule has 1 aromatic carbocycles. The van der Waals surface area contributed by atoms with Crippen LogP contribution in [0.2, 0.25) is 0 Å². The minimum absolute atomic E-state index is 0.365. The Kier molecular flexibility index (Phi) is 5.87. The number of aryl methyl sites for hydroxylation is 3. The SMILES string of the molecule is Cc1cc(C)c(OCC(O)CN2CC(C)CC(C)C2)c(C)c1. The van der Waals surface area contributed by atoms with Crippen molar-refractivity contribution in [3.05, 3.63) is 28.8 Å². The minimum Gasteiger partial charge on any atom is -0.490 e. The second kappa shape index (κ2) is 7.47. The molecule has 124 valence electrons. The van der Waals surface area contributed by atoms with Gasteiger partial charge in [-0.2, -0.15) is 0 Å². The number of aliphatic hydroxyl groups excluding tert-OH is 1. The minimum atomic E-state index is -0.433. The first-order valence-electron chi connectivity index (χ1n) is 8.46. The molecule has 1 N–H and O–H groups in total. The van der Waals surface area contributed by atoms with Crippen molar-refractivity contribution in [1.29, 1.82) is 0 Å². The van der Waals surface area contributed by atoms with Crippen LogP contribution in [0.25, 0.3) is 0 Å². The Bertz CT molecular complexity index is 467. The van der Waals surface area contributed by atoms with E-state index in [2.05, 4.69) is 51.7 Å². The summed E-state index contributed by atoms with van der Waals surface area (Å²) in [6, 6.07) is 4.26. The molecule has 0 radical (unpaired) electrons. The Morgan fingerprint density at radius 2 is 1.68 bits per heavy atom. The predicted octanol–water partition coefficient (Wildman–Crippen LogP) is 3.33. The molecule has 1 aromatic rings. The van der Waals surface area contributed by atoms with Crippen molar-refractivity contribution in [3.8, 4) is 5.75 Å². The Balaban J connectivity index is 1.86. The molecule has 1 saturated heterocycles. The van der Waals surface area contributed by atoms with Crippen molar-refractivity contribution in [1.82, 2.24) is 4.90 Å². The second-order valence-corrected chi connectivity index (χ2v) is 7.36. The molecule has 2 rings (SSSR count). The van der Waals surface area contributed by atoms with E-state index in [1.54, 1.807) is 0 Å². The number of rotatable bonds is 5. The van der Waals surface area contributed by atoms with Gasteiger partial charge < -0.3 is 14.7 Å². The lowest BCUT2D eigenvalue weighted by Gasteiger charge is -2.36. The van der Waals surface area contributed by atoms with Gasteiger partial charge in [-0.15, -0.1) is 0 Å². The maximum absolute atomic E-state index is 10.3. The summed E-state index contributed by atoms with van der Waals surface area (Å²) in [5.74, 6) is 2.36. The van der Waals surface area contributed by atoms with Crippen LogP contribution >= 0.6 is 0 Å². The fourth-order valence-electron chi connectivity index (χ4n) is 3.87. The van der Waals surface area contributed by atoms with E-state index >= 15 is 0 Å². The van der Waals surface area contributed by atoms with Crippen molar-refractivity contribution in [2.75, 3.05) is 26.2 Å². The van der Waals surface area contributed by atoms with Gasteiger partial charge in [0.05, 0.1) is 0 Å². The summed E-state index contributed by atoms with van der Waals surface area (Å²) in [5, 5.41) is 10.3. The van der Waals surface area contributed by atoms with Crippen molar-refractivity contribution in [3.63, 3.8) is 0 Å². The average Bonchev–Trinajstić information content (AvgIpc) is 2.35. The molecule has 0 amide bonds. The highest BCUT2D eigenvalue weighted by Crippen LogP contribution is 2.25. The fourth-order valence-corrected chi connectivity index (χ4v) is 3.87. The zero-order valence-corrected chi connectivity index (χ0v) is 14.7. The number of ether oxygens (including phenoxy) is 1. The highest BCUT2D eigenvalue weighted by molar-refractivity contribution is 5.42. The van der Waals surface area contributed by atoms with Crippen molar-refractivity contribution in [2.45, 2.75) is 47.1 Å². The van der Waals surface area contributed by atoms with E-state index in [1.165, 1.54) is 12.0 Å². The number of hydrogen-bond donors (Lipinski definition) is 1. The van der Waals surface area contributed by atoms with E-state index in [0.29, 0.717) is 13.2 Å². The van der Waals surface area contributed by atoms with Gasteiger partial charge in [-0.05, 0) is 50.2 Å². The fraction of sp³-hybridized carbons (Fsp3) is 0.684. The molecule has 3 unspecified atom stereocenters. The lowest BCUT2D eigenvalue weighted by Crippen LogP contribution is -2.44. The van der Waals surface area contributed by atoms with Gasteiger partial charge in [-0.3, -0.25) is 0 Å². The molecule has 0 saturated carbocycles. The van der Waals surface area contributed by atoms with Crippen LogP contribution in [-0.4, -0.2) is 42.4 Å². The maximum atomic E-state index is 10.3. The molecule has 1 aliphatic heterocycles. The molecule has 1 aliphatic rings. The quantitative estimate of drug-likeness (QED) is 0.906. The highest BCUT2D eigenvalue weighted by atomic mass is 16.5. The first-order chi connectivity index (χ1) is 10.3. The van der Waals surface area contributed by atoms with Crippen LogP contribution in [0.3, 0.4) is 0 Å². The number of likely N-dealkylation sites (tertiary alicyclic amines) is 1. The van der Waals surface area contributed by atoms with Gasteiger partial charge in [0.2, 0.25) is 0 Å². The Morgan fingerprint density at radius 3 is 2.23 bits per heavy atom. The molecule has 1 fully saturated rings. The summed E-state index contributed by atoms with van der Waals surface area (Å²) in [6.07, 6.45) is 0.864. The lowest BCUT2D eigenvalue weighted by molar-refractivity contribution is 0.0426. The zero-order chi connectivity index (χ0) is 16.3. The first-order valence-corrected chi connectivity index (χ1v) is 8.46. The predicted molar refractivity (Wildman–Crippen MR) is 91.5 cm³/mol. The van der Waals surface area contributed by atoms with Gasteiger partial charge in [0, 0.05) is 19.6 Å². The van der Waals surface area contributed by atoms with Crippen LogP contribution < -0.4 is 4.74 Å². The summed E-state index contributed by atoms with van der Waals surface area (Å²) in [6.45, 7) is 14.1. The molecule has 0 bridgehead atoms. The summed E-state index contributed by atoms with van der Waals surface area (Å²) in [4.78, 5) is 2.38. The Morgan fingerprint density at radius 1 is 1.14 bits per heavy atom. The summed E-state index contributed by atoms with van der Waals surface area (Å²) < 4.78 is 5.90. The molecule has 1 heterocycles. The van der Waals surface area contributed by atoms with Gasteiger partial charge in [-0.1, -0.05) is 31.5 Å². The molecule has 0 aromatic heterocycles.